The van der Waals surface area contributed by atoms with Crippen molar-refractivity contribution in [3.8, 4) is 0 Å². The average molecular weight is 451 g/mol. The highest BCUT2D eigenvalue weighted by Gasteiger charge is 2.35. The number of aromatic amines is 1. The molecule has 0 unspecified atom stereocenters. The van der Waals surface area contributed by atoms with E-state index in [4.69, 9.17) is 22.1 Å². The van der Waals surface area contributed by atoms with E-state index in [0.717, 1.165) is 62.7 Å². The number of thioether (sulfide) groups is 1. The Balaban J connectivity index is 1.38. The van der Waals surface area contributed by atoms with E-state index in [1.54, 1.807) is 0 Å². The van der Waals surface area contributed by atoms with Crippen LogP contribution >= 0.6 is 23.4 Å². The summed E-state index contributed by atoms with van der Waals surface area (Å²) in [4.78, 5) is 9.24. The number of piperidine rings is 1. The minimum atomic E-state index is 0.317. The maximum absolute atomic E-state index is 6.22. The van der Waals surface area contributed by atoms with Gasteiger partial charge in [0, 0.05) is 42.5 Å². The molecule has 30 heavy (non-hydrogen) atoms. The fraction of sp³-hybridized carbons (Fsp3) is 0.619. The number of rotatable bonds is 7. The second-order valence-corrected chi connectivity index (χ2v) is 9.51. The van der Waals surface area contributed by atoms with Crippen LogP contribution in [0.3, 0.4) is 0 Å². The lowest BCUT2D eigenvalue weighted by molar-refractivity contribution is -0.0749. The number of nitrogen functional groups attached to an aromatic ring is 1. The number of benzene rings is 1. The molecule has 7 nitrogen and oxygen atoms in total. The lowest BCUT2D eigenvalue weighted by Gasteiger charge is -2.46. The first-order valence-electron chi connectivity index (χ1n) is 10.7. The second-order valence-electron chi connectivity index (χ2n) is 8.17. The Hall–Kier alpha value is -1.48. The molecule has 0 aliphatic carbocycles. The van der Waals surface area contributed by atoms with Gasteiger partial charge in [-0.3, -0.25) is 4.90 Å². The van der Waals surface area contributed by atoms with E-state index in [1.807, 2.05) is 23.9 Å². The van der Waals surface area contributed by atoms with Crippen LogP contribution in [-0.2, 0) is 11.2 Å². The molecule has 4 rings (SSSR count). The van der Waals surface area contributed by atoms with Crippen molar-refractivity contribution in [2.45, 2.75) is 43.9 Å². The Bertz CT molecular complexity index is 795. The van der Waals surface area contributed by atoms with Crippen molar-refractivity contribution in [2.75, 3.05) is 48.9 Å². The third-order valence-corrected chi connectivity index (χ3v) is 7.10. The van der Waals surface area contributed by atoms with Gasteiger partial charge in [-0.15, -0.1) is 5.10 Å². The van der Waals surface area contributed by atoms with Gasteiger partial charge in [-0.2, -0.15) is 16.7 Å². The lowest BCUT2D eigenvalue weighted by Crippen LogP contribution is -2.57. The normalized spacial score (nSPS) is 23.7. The number of hydrogen-bond donors (Lipinski definition) is 2. The maximum Gasteiger partial charge on any atom is 0.246 e. The Morgan fingerprint density at radius 2 is 2.03 bits per heavy atom. The zero-order chi connectivity index (χ0) is 20.9. The average Bonchev–Trinajstić information content (AvgIpc) is 3.20. The summed E-state index contributed by atoms with van der Waals surface area (Å²) in [6.45, 7) is 3.74. The molecule has 2 atom stereocenters. The summed E-state index contributed by atoms with van der Waals surface area (Å²) in [7, 11) is 0. The second kappa shape index (κ2) is 10.2. The van der Waals surface area contributed by atoms with Crippen LogP contribution in [0.15, 0.2) is 24.3 Å². The standard InChI is InChI=1S/C21H31ClN6OS/c1-30-14-19-12-28(17-8-10-27(11-9-17)21-24-20(23)25-26-21)18(13-29-19)7-4-15-2-5-16(22)6-3-15/h2-3,5-6,17-19H,4,7-14H2,1H3,(H3,23,24,25,26)/t18-,19+/m0/s1. The number of anilines is 2. The Morgan fingerprint density at radius 1 is 1.27 bits per heavy atom. The van der Waals surface area contributed by atoms with Gasteiger partial charge in [0.05, 0.1) is 12.7 Å². The van der Waals surface area contributed by atoms with Gasteiger partial charge < -0.3 is 15.4 Å². The number of morpholine rings is 1. The summed E-state index contributed by atoms with van der Waals surface area (Å²) in [5, 5.41) is 7.75. The predicted molar refractivity (Wildman–Crippen MR) is 124 cm³/mol. The first-order chi connectivity index (χ1) is 14.6. The lowest BCUT2D eigenvalue weighted by atomic mass is 9.96. The summed E-state index contributed by atoms with van der Waals surface area (Å²) in [6, 6.07) is 9.25. The molecule has 3 heterocycles. The first kappa shape index (κ1) is 21.7. The predicted octanol–water partition coefficient (Wildman–Crippen LogP) is 3.07. The van der Waals surface area contributed by atoms with Gasteiger partial charge in [0.15, 0.2) is 0 Å². The van der Waals surface area contributed by atoms with E-state index in [1.165, 1.54) is 5.56 Å². The molecule has 2 aliphatic rings. The summed E-state index contributed by atoms with van der Waals surface area (Å²) in [5.41, 5.74) is 7.03. The molecule has 164 valence electrons. The van der Waals surface area contributed by atoms with Crippen molar-refractivity contribution in [1.29, 1.82) is 0 Å². The van der Waals surface area contributed by atoms with Crippen LogP contribution in [0.5, 0.6) is 0 Å². The third kappa shape index (κ3) is 5.41. The molecule has 1 aromatic heterocycles. The summed E-state index contributed by atoms with van der Waals surface area (Å²) >= 11 is 7.90. The van der Waals surface area contributed by atoms with Crippen molar-refractivity contribution in [1.82, 2.24) is 20.1 Å². The Labute approximate surface area is 187 Å². The Kier molecular flexibility index (Phi) is 7.41. The van der Waals surface area contributed by atoms with Crippen LogP contribution in [0.4, 0.5) is 11.9 Å². The zero-order valence-corrected chi connectivity index (χ0v) is 19.0. The highest BCUT2D eigenvalue weighted by molar-refractivity contribution is 7.98. The first-order valence-corrected chi connectivity index (χ1v) is 12.4. The molecule has 0 radical (unpaired) electrons. The zero-order valence-electron chi connectivity index (χ0n) is 17.5. The number of aromatic nitrogens is 3. The van der Waals surface area contributed by atoms with E-state index in [0.29, 0.717) is 30.1 Å². The highest BCUT2D eigenvalue weighted by atomic mass is 35.5. The van der Waals surface area contributed by atoms with Crippen molar-refractivity contribution < 1.29 is 4.74 Å². The topological polar surface area (TPSA) is 83.3 Å². The third-order valence-electron chi connectivity index (χ3n) is 6.15. The SMILES string of the molecule is CSC[C@H]1CN(C2CCN(c3n[nH]c(N)n3)CC2)[C@@H](CCc2ccc(Cl)cc2)CO1. The van der Waals surface area contributed by atoms with Gasteiger partial charge in [-0.25, -0.2) is 5.10 Å². The minimum Gasteiger partial charge on any atom is -0.374 e. The molecule has 9 heteroatoms. The van der Waals surface area contributed by atoms with Gasteiger partial charge in [0.25, 0.3) is 0 Å². The molecular formula is C21H31ClN6OS. The van der Waals surface area contributed by atoms with Crippen LogP contribution in [0, 0.1) is 0 Å². The van der Waals surface area contributed by atoms with E-state index < -0.39 is 0 Å². The largest absolute Gasteiger partial charge is 0.374 e. The van der Waals surface area contributed by atoms with E-state index >= 15 is 0 Å². The van der Waals surface area contributed by atoms with Gasteiger partial charge >= 0.3 is 0 Å². The fourth-order valence-corrected chi connectivity index (χ4v) is 5.25. The number of halogens is 1. The number of nitrogens with one attached hydrogen (secondary N) is 1. The number of hydrogen-bond acceptors (Lipinski definition) is 7. The quantitative estimate of drug-likeness (QED) is 0.670. The molecule has 0 amide bonds. The summed E-state index contributed by atoms with van der Waals surface area (Å²) < 4.78 is 6.22. The number of nitrogens with two attached hydrogens (primary N) is 1. The maximum atomic E-state index is 6.22. The molecule has 2 aromatic rings. The van der Waals surface area contributed by atoms with E-state index in [-0.39, 0.29) is 0 Å². The minimum absolute atomic E-state index is 0.317. The number of aryl methyl sites for hydroxylation is 1. The highest BCUT2D eigenvalue weighted by Crippen LogP contribution is 2.27. The smallest absolute Gasteiger partial charge is 0.246 e. The number of ether oxygens (including phenoxy) is 1. The molecule has 0 spiro atoms. The van der Waals surface area contributed by atoms with Crippen LogP contribution in [0.2, 0.25) is 5.02 Å². The summed E-state index contributed by atoms with van der Waals surface area (Å²) in [5.74, 6) is 2.14. The van der Waals surface area contributed by atoms with Crippen molar-refractivity contribution in [3.05, 3.63) is 34.9 Å². The molecule has 2 saturated heterocycles. The van der Waals surface area contributed by atoms with Gasteiger partial charge in [0.2, 0.25) is 11.9 Å². The van der Waals surface area contributed by atoms with E-state index in [9.17, 15) is 0 Å². The fourth-order valence-electron chi connectivity index (χ4n) is 4.55. The molecule has 0 saturated carbocycles. The van der Waals surface area contributed by atoms with Crippen molar-refractivity contribution >= 4 is 35.3 Å². The molecular weight excluding hydrogens is 420 g/mol. The van der Waals surface area contributed by atoms with Gasteiger partial charge in [-0.1, -0.05) is 23.7 Å². The molecule has 0 bridgehead atoms. The van der Waals surface area contributed by atoms with Crippen molar-refractivity contribution in [2.24, 2.45) is 0 Å². The molecule has 3 N–H and O–H groups in total. The molecule has 2 aliphatic heterocycles. The van der Waals surface area contributed by atoms with Crippen LogP contribution in [-0.4, -0.2) is 76.5 Å². The van der Waals surface area contributed by atoms with Gasteiger partial charge in [0.1, 0.15) is 0 Å². The molecule has 1 aromatic carbocycles. The Morgan fingerprint density at radius 3 is 2.70 bits per heavy atom. The number of nitrogens with zero attached hydrogens (tertiary/aromatic N) is 4. The summed E-state index contributed by atoms with van der Waals surface area (Å²) in [6.07, 6.45) is 6.84. The van der Waals surface area contributed by atoms with Crippen LogP contribution < -0.4 is 10.6 Å². The van der Waals surface area contributed by atoms with Gasteiger partial charge in [-0.05, 0) is 49.6 Å². The van der Waals surface area contributed by atoms with E-state index in [2.05, 4.69) is 43.4 Å². The van der Waals surface area contributed by atoms with Crippen LogP contribution in [0.1, 0.15) is 24.8 Å². The van der Waals surface area contributed by atoms with Crippen LogP contribution in [0.25, 0.3) is 0 Å². The molecule has 2 fully saturated rings. The number of H-pyrrole nitrogens is 1. The van der Waals surface area contributed by atoms with Crippen molar-refractivity contribution in [3.63, 3.8) is 0 Å². The monoisotopic (exact) mass is 450 g/mol.